The fourth-order valence-corrected chi connectivity index (χ4v) is 1.77. The van der Waals surface area contributed by atoms with Crippen LogP contribution in [0.2, 0.25) is 0 Å². The molecule has 2 heteroatoms. The first-order valence-corrected chi connectivity index (χ1v) is 5.16. The normalized spacial score (nSPS) is 22.6. The van der Waals surface area contributed by atoms with E-state index >= 15 is 0 Å². The van der Waals surface area contributed by atoms with Crippen LogP contribution in [-0.2, 0) is 4.79 Å². The van der Waals surface area contributed by atoms with Crippen molar-refractivity contribution in [2.24, 2.45) is 11.3 Å². The van der Waals surface area contributed by atoms with E-state index < -0.39 is 0 Å². The SMILES string of the molecule is C#CCCN1CC(C(C)(C)C)CC1=O. The van der Waals surface area contributed by atoms with Crippen molar-refractivity contribution in [3.63, 3.8) is 0 Å². The zero-order valence-corrected chi connectivity index (χ0v) is 9.34. The Morgan fingerprint density at radius 3 is 2.64 bits per heavy atom. The molecule has 1 fully saturated rings. The van der Waals surface area contributed by atoms with Crippen molar-refractivity contribution in [3.05, 3.63) is 0 Å². The lowest BCUT2D eigenvalue weighted by Gasteiger charge is -2.26. The second-order valence-electron chi connectivity index (χ2n) is 5.06. The molecule has 1 atom stereocenters. The number of amides is 1. The largest absolute Gasteiger partial charge is 0.341 e. The topological polar surface area (TPSA) is 20.3 Å². The molecule has 0 aromatic heterocycles. The third-order valence-electron chi connectivity index (χ3n) is 2.97. The molecule has 1 heterocycles. The highest BCUT2D eigenvalue weighted by molar-refractivity contribution is 5.78. The Bertz CT molecular complexity index is 256. The van der Waals surface area contributed by atoms with Gasteiger partial charge in [0.25, 0.3) is 0 Å². The van der Waals surface area contributed by atoms with Gasteiger partial charge in [-0.15, -0.1) is 12.3 Å². The maximum absolute atomic E-state index is 11.6. The molecule has 0 saturated carbocycles. The summed E-state index contributed by atoms with van der Waals surface area (Å²) < 4.78 is 0. The lowest BCUT2D eigenvalue weighted by Crippen LogP contribution is -2.28. The van der Waals surface area contributed by atoms with Gasteiger partial charge in [0.05, 0.1) is 0 Å². The van der Waals surface area contributed by atoms with E-state index in [0.717, 1.165) is 13.1 Å². The number of terminal acetylenes is 1. The smallest absolute Gasteiger partial charge is 0.222 e. The average molecular weight is 193 g/mol. The summed E-state index contributed by atoms with van der Waals surface area (Å²) in [6.07, 6.45) is 6.54. The first-order valence-electron chi connectivity index (χ1n) is 5.16. The van der Waals surface area contributed by atoms with Crippen LogP contribution in [0.3, 0.4) is 0 Å². The molecule has 0 aromatic rings. The number of nitrogens with zero attached hydrogens (tertiary/aromatic N) is 1. The number of carbonyl (C=O) groups is 1. The Labute approximate surface area is 86.7 Å². The number of carbonyl (C=O) groups excluding carboxylic acids is 1. The third-order valence-corrected chi connectivity index (χ3v) is 2.97. The maximum atomic E-state index is 11.6. The molecule has 0 spiro atoms. The number of rotatable bonds is 2. The van der Waals surface area contributed by atoms with Crippen molar-refractivity contribution < 1.29 is 4.79 Å². The van der Waals surface area contributed by atoms with Crippen LogP contribution in [-0.4, -0.2) is 23.9 Å². The summed E-state index contributed by atoms with van der Waals surface area (Å²) in [5.74, 6) is 3.32. The molecule has 0 N–H and O–H groups in total. The fraction of sp³-hybridized carbons (Fsp3) is 0.750. The van der Waals surface area contributed by atoms with Gasteiger partial charge in [-0.2, -0.15) is 0 Å². The van der Waals surface area contributed by atoms with Crippen LogP contribution >= 0.6 is 0 Å². The summed E-state index contributed by atoms with van der Waals surface area (Å²) in [7, 11) is 0. The number of hydrogen-bond acceptors (Lipinski definition) is 1. The van der Waals surface area contributed by atoms with Gasteiger partial charge in [0.2, 0.25) is 5.91 Å². The standard InChI is InChI=1S/C12H19NO/c1-5-6-7-13-9-10(8-11(13)14)12(2,3)4/h1,10H,6-9H2,2-4H3. The van der Waals surface area contributed by atoms with Crippen molar-refractivity contribution in [2.75, 3.05) is 13.1 Å². The molecule has 1 aliphatic heterocycles. The Balaban J connectivity index is 2.53. The van der Waals surface area contributed by atoms with Gasteiger partial charge in [0.1, 0.15) is 0 Å². The van der Waals surface area contributed by atoms with Crippen LogP contribution in [0.1, 0.15) is 33.6 Å². The van der Waals surface area contributed by atoms with E-state index in [1.165, 1.54) is 0 Å². The summed E-state index contributed by atoms with van der Waals surface area (Å²) in [4.78, 5) is 13.5. The minimum Gasteiger partial charge on any atom is -0.341 e. The predicted molar refractivity (Wildman–Crippen MR) is 57.6 cm³/mol. The van der Waals surface area contributed by atoms with Gasteiger partial charge in [0.15, 0.2) is 0 Å². The van der Waals surface area contributed by atoms with E-state index in [9.17, 15) is 4.79 Å². The molecule has 1 unspecified atom stereocenters. The molecule has 0 bridgehead atoms. The molecule has 0 radical (unpaired) electrons. The van der Waals surface area contributed by atoms with E-state index in [0.29, 0.717) is 18.8 Å². The van der Waals surface area contributed by atoms with Gasteiger partial charge in [-0.3, -0.25) is 4.79 Å². The highest BCUT2D eigenvalue weighted by Gasteiger charge is 2.36. The first kappa shape index (κ1) is 11.1. The number of hydrogen-bond donors (Lipinski definition) is 0. The molecule has 1 amide bonds. The lowest BCUT2D eigenvalue weighted by molar-refractivity contribution is -0.127. The van der Waals surface area contributed by atoms with Crippen molar-refractivity contribution in [3.8, 4) is 12.3 Å². The van der Waals surface area contributed by atoms with E-state index in [1.54, 1.807) is 0 Å². The van der Waals surface area contributed by atoms with Crippen LogP contribution in [0, 0.1) is 23.7 Å². The van der Waals surface area contributed by atoms with Crippen molar-refractivity contribution in [1.29, 1.82) is 0 Å². The second kappa shape index (κ2) is 4.04. The Morgan fingerprint density at radius 2 is 2.21 bits per heavy atom. The van der Waals surface area contributed by atoms with Crippen LogP contribution in [0.4, 0.5) is 0 Å². The van der Waals surface area contributed by atoms with Crippen molar-refractivity contribution >= 4 is 5.91 Å². The predicted octanol–water partition coefficient (Wildman–Crippen LogP) is 1.90. The summed E-state index contributed by atoms with van der Waals surface area (Å²) >= 11 is 0. The van der Waals surface area contributed by atoms with E-state index in [2.05, 4.69) is 26.7 Å². The Morgan fingerprint density at radius 1 is 1.57 bits per heavy atom. The average Bonchev–Trinajstić information content (AvgIpc) is 2.43. The monoisotopic (exact) mass is 193 g/mol. The van der Waals surface area contributed by atoms with Gasteiger partial charge in [-0.05, 0) is 11.3 Å². The molecule has 78 valence electrons. The van der Waals surface area contributed by atoms with E-state index in [1.807, 2.05) is 4.90 Å². The van der Waals surface area contributed by atoms with Crippen LogP contribution in [0.25, 0.3) is 0 Å². The Kier molecular flexibility index (Phi) is 3.21. The summed E-state index contributed by atoms with van der Waals surface area (Å²) in [6, 6.07) is 0. The minimum absolute atomic E-state index is 0.223. The number of likely N-dealkylation sites (tertiary alicyclic amines) is 1. The molecule has 1 rings (SSSR count). The van der Waals surface area contributed by atoms with Crippen LogP contribution in [0.15, 0.2) is 0 Å². The molecule has 1 aliphatic rings. The van der Waals surface area contributed by atoms with E-state index in [-0.39, 0.29) is 11.3 Å². The summed E-state index contributed by atoms with van der Waals surface area (Å²) in [6.45, 7) is 8.17. The van der Waals surface area contributed by atoms with E-state index in [4.69, 9.17) is 6.42 Å². The van der Waals surface area contributed by atoms with Crippen LogP contribution in [0.5, 0.6) is 0 Å². The van der Waals surface area contributed by atoms with Gasteiger partial charge in [-0.1, -0.05) is 20.8 Å². The highest BCUT2D eigenvalue weighted by Crippen LogP contribution is 2.34. The second-order valence-corrected chi connectivity index (χ2v) is 5.06. The molecule has 0 aliphatic carbocycles. The molecule has 2 nitrogen and oxygen atoms in total. The van der Waals surface area contributed by atoms with Gasteiger partial charge in [-0.25, -0.2) is 0 Å². The van der Waals surface area contributed by atoms with Crippen molar-refractivity contribution in [1.82, 2.24) is 4.90 Å². The fourth-order valence-electron chi connectivity index (χ4n) is 1.77. The highest BCUT2D eigenvalue weighted by atomic mass is 16.2. The molecule has 0 aromatic carbocycles. The van der Waals surface area contributed by atoms with Gasteiger partial charge >= 0.3 is 0 Å². The quantitative estimate of drug-likeness (QED) is 0.613. The lowest BCUT2D eigenvalue weighted by atomic mass is 9.80. The zero-order valence-electron chi connectivity index (χ0n) is 9.34. The van der Waals surface area contributed by atoms with Gasteiger partial charge < -0.3 is 4.90 Å². The van der Waals surface area contributed by atoms with Gasteiger partial charge in [0, 0.05) is 25.9 Å². The molecular formula is C12H19NO. The maximum Gasteiger partial charge on any atom is 0.222 e. The first-order chi connectivity index (χ1) is 6.45. The van der Waals surface area contributed by atoms with Crippen LogP contribution < -0.4 is 0 Å². The minimum atomic E-state index is 0.223. The molecular weight excluding hydrogens is 174 g/mol. The zero-order chi connectivity index (χ0) is 10.8. The molecule has 14 heavy (non-hydrogen) atoms. The summed E-state index contributed by atoms with van der Waals surface area (Å²) in [5, 5.41) is 0. The van der Waals surface area contributed by atoms with Crippen molar-refractivity contribution in [2.45, 2.75) is 33.6 Å². The third kappa shape index (κ3) is 2.51. The molecule has 1 saturated heterocycles. The summed E-state index contributed by atoms with van der Waals surface area (Å²) in [5.41, 5.74) is 0.223. The Hall–Kier alpha value is -0.970.